The number of aryl methyl sites for hydroxylation is 2. The first-order chi connectivity index (χ1) is 11.0. The molecule has 0 spiro atoms. The van der Waals surface area contributed by atoms with Gasteiger partial charge in [-0.05, 0) is 38.0 Å². The van der Waals surface area contributed by atoms with Crippen molar-refractivity contribution in [2.24, 2.45) is 0 Å². The Balaban J connectivity index is 1.80. The second-order valence-corrected chi connectivity index (χ2v) is 5.27. The molecule has 1 N–H and O–H groups in total. The normalized spacial score (nSPS) is 10.4. The number of esters is 1. The third-order valence-corrected chi connectivity index (χ3v) is 3.63. The van der Waals surface area contributed by atoms with Crippen LogP contribution in [0.25, 0.3) is 0 Å². The van der Waals surface area contributed by atoms with Crippen LogP contribution >= 0.6 is 0 Å². The third kappa shape index (κ3) is 4.42. The van der Waals surface area contributed by atoms with Crippen molar-refractivity contribution in [1.29, 1.82) is 0 Å². The van der Waals surface area contributed by atoms with Crippen molar-refractivity contribution in [3.63, 3.8) is 0 Å². The SMILES string of the molecule is COC(=O)c1ccc(CCNC(=O)Cc2c(C)noc2C)cc1. The Morgan fingerprint density at radius 1 is 1.22 bits per heavy atom. The number of carbonyl (C=O) groups excluding carboxylic acids is 2. The van der Waals surface area contributed by atoms with E-state index in [-0.39, 0.29) is 18.3 Å². The van der Waals surface area contributed by atoms with Crippen LogP contribution in [0.1, 0.15) is 32.9 Å². The number of methoxy groups -OCH3 is 1. The van der Waals surface area contributed by atoms with Gasteiger partial charge in [-0.3, -0.25) is 4.79 Å². The first-order valence-corrected chi connectivity index (χ1v) is 7.37. The lowest BCUT2D eigenvalue weighted by Crippen LogP contribution is -2.27. The summed E-state index contributed by atoms with van der Waals surface area (Å²) in [5, 5.41) is 6.71. The van der Waals surface area contributed by atoms with Gasteiger partial charge in [0.25, 0.3) is 0 Å². The molecule has 0 bridgehead atoms. The maximum absolute atomic E-state index is 11.9. The highest BCUT2D eigenvalue weighted by molar-refractivity contribution is 5.89. The largest absolute Gasteiger partial charge is 0.465 e. The average molecular weight is 316 g/mol. The van der Waals surface area contributed by atoms with Crippen molar-refractivity contribution >= 4 is 11.9 Å². The van der Waals surface area contributed by atoms with Crippen LogP contribution in [0.2, 0.25) is 0 Å². The molecule has 6 nitrogen and oxygen atoms in total. The molecule has 1 aromatic heterocycles. The van der Waals surface area contributed by atoms with Crippen LogP contribution in [-0.2, 0) is 22.4 Å². The molecule has 0 fully saturated rings. The summed E-state index contributed by atoms with van der Waals surface area (Å²) >= 11 is 0. The van der Waals surface area contributed by atoms with E-state index in [1.165, 1.54) is 7.11 Å². The van der Waals surface area contributed by atoms with Crippen molar-refractivity contribution in [2.75, 3.05) is 13.7 Å². The van der Waals surface area contributed by atoms with Crippen molar-refractivity contribution in [1.82, 2.24) is 10.5 Å². The van der Waals surface area contributed by atoms with Crippen LogP contribution in [0.5, 0.6) is 0 Å². The molecule has 1 amide bonds. The predicted molar refractivity (Wildman–Crippen MR) is 84.2 cm³/mol. The number of nitrogens with zero attached hydrogens (tertiary/aromatic N) is 1. The van der Waals surface area contributed by atoms with Crippen LogP contribution in [0.15, 0.2) is 28.8 Å². The van der Waals surface area contributed by atoms with Gasteiger partial charge in [0.2, 0.25) is 5.91 Å². The summed E-state index contributed by atoms with van der Waals surface area (Å²) < 4.78 is 9.69. The van der Waals surface area contributed by atoms with E-state index in [1.807, 2.05) is 19.1 Å². The molecule has 1 heterocycles. The molecule has 0 unspecified atom stereocenters. The summed E-state index contributed by atoms with van der Waals surface area (Å²) in [4.78, 5) is 23.3. The quantitative estimate of drug-likeness (QED) is 0.824. The minimum absolute atomic E-state index is 0.0643. The maximum Gasteiger partial charge on any atom is 0.337 e. The topological polar surface area (TPSA) is 81.4 Å². The molecule has 6 heteroatoms. The molecule has 23 heavy (non-hydrogen) atoms. The summed E-state index contributed by atoms with van der Waals surface area (Å²) in [7, 11) is 1.35. The van der Waals surface area contributed by atoms with E-state index in [9.17, 15) is 9.59 Å². The lowest BCUT2D eigenvalue weighted by Gasteiger charge is -2.06. The van der Waals surface area contributed by atoms with Gasteiger partial charge >= 0.3 is 5.97 Å². The Bertz CT molecular complexity index is 670. The average Bonchev–Trinajstić information content (AvgIpc) is 2.86. The Morgan fingerprint density at radius 3 is 2.48 bits per heavy atom. The Hall–Kier alpha value is -2.63. The fourth-order valence-corrected chi connectivity index (χ4v) is 2.25. The van der Waals surface area contributed by atoms with E-state index < -0.39 is 0 Å². The van der Waals surface area contributed by atoms with Gasteiger partial charge in [-0.2, -0.15) is 0 Å². The summed E-state index contributed by atoms with van der Waals surface area (Å²) in [6.45, 7) is 4.15. The Kier molecular flexibility index (Phi) is 5.51. The second kappa shape index (κ2) is 7.58. The van der Waals surface area contributed by atoms with E-state index in [0.717, 1.165) is 16.8 Å². The van der Waals surface area contributed by atoms with Crippen LogP contribution in [0, 0.1) is 13.8 Å². The highest BCUT2D eigenvalue weighted by Gasteiger charge is 2.13. The fraction of sp³-hybridized carbons (Fsp3) is 0.353. The zero-order chi connectivity index (χ0) is 16.8. The molecule has 0 aliphatic heterocycles. The van der Waals surface area contributed by atoms with Gasteiger partial charge in [-0.1, -0.05) is 17.3 Å². The summed E-state index contributed by atoms with van der Waals surface area (Å²) in [6, 6.07) is 7.14. The van der Waals surface area contributed by atoms with Crippen molar-refractivity contribution in [3.8, 4) is 0 Å². The van der Waals surface area contributed by atoms with E-state index in [4.69, 9.17) is 4.52 Å². The molecule has 0 aliphatic rings. The standard InChI is InChI=1S/C17H20N2O4/c1-11-15(12(2)23-19-11)10-16(20)18-9-8-13-4-6-14(7-5-13)17(21)22-3/h4-7H,8-10H2,1-3H3,(H,18,20). The van der Waals surface area contributed by atoms with Crippen molar-refractivity contribution in [3.05, 3.63) is 52.4 Å². The smallest absolute Gasteiger partial charge is 0.337 e. The Labute approximate surface area is 134 Å². The van der Waals surface area contributed by atoms with E-state index in [0.29, 0.717) is 24.3 Å². The highest BCUT2D eigenvalue weighted by atomic mass is 16.5. The zero-order valence-corrected chi connectivity index (χ0v) is 13.5. The lowest BCUT2D eigenvalue weighted by molar-refractivity contribution is -0.120. The fourth-order valence-electron chi connectivity index (χ4n) is 2.25. The number of ether oxygens (including phenoxy) is 1. The number of carbonyl (C=O) groups is 2. The molecule has 2 aromatic rings. The lowest BCUT2D eigenvalue weighted by atomic mass is 10.1. The molecule has 2 rings (SSSR count). The number of nitrogens with one attached hydrogen (secondary N) is 1. The maximum atomic E-state index is 11.9. The number of aromatic nitrogens is 1. The minimum atomic E-state index is -0.357. The number of amides is 1. The molecule has 0 atom stereocenters. The van der Waals surface area contributed by atoms with E-state index >= 15 is 0 Å². The third-order valence-electron chi connectivity index (χ3n) is 3.63. The number of hydrogen-bond acceptors (Lipinski definition) is 5. The second-order valence-electron chi connectivity index (χ2n) is 5.27. The summed E-state index contributed by atoms with van der Waals surface area (Å²) in [5.41, 5.74) is 3.13. The molecule has 0 saturated carbocycles. The first-order valence-electron chi connectivity index (χ1n) is 7.37. The van der Waals surface area contributed by atoms with Gasteiger partial charge in [-0.15, -0.1) is 0 Å². The molecule has 0 aliphatic carbocycles. The Morgan fingerprint density at radius 2 is 1.91 bits per heavy atom. The first kappa shape index (κ1) is 16.7. The molecule has 0 radical (unpaired) electrons. The molecular weight excluding hydrogens is 296 g/mol. The monoisotopic (exact) mass is 316 g/mol. The van der Waals surface area contributed by atoms with Crippen LogP contribution in [-0.4, -0.2) is 30.7 Å². The molecule has 122 valence electrons. The van der Waals surface area contributed by atoms with Crippen LogP contribution < -0.4 is 5.32 Å². The van der Waals surface area contributed by atoms with Gasteiger partial charge in [0, 0.05) is 12.1 Å². The summed E-state index contributed by atoms with van der Waals surface area (Å²) in [5.74, 6) is 0.256. The highest BCUT2D eigenvalue weighted by Crippen LogP contribution is 2.12. The number of benzene rings is 1. The van der Waals surface area contributed by atoms with Gasteiger partial charge < -0.3 is 14.6 Å². The van der Waals surface area contributed by atoms with Gasteiger partial charge in [0.05, 0.1) is 24.8 Å². The molecular formula is C17H20N2O4. The van der Waals surface area contributed by atoms with Gasteiger partial charge in [0.1, 0.15) is 5.76 Å². The minimum Gasteiger partial charge on any atom is -0.465 e. The predicted octanol–water partition coefficient (Wildman–Crippen LogP) is 1.98. The number of hydrogen-bond donors (Lipinski definition) is 1. The van der Waals surface area contributed by atoms with Crippen LogP contribution in [0.4, 0.5) is 0 Å². The molecule has 0 saturated heterocycles. The molecule has 1 aromatic carbocycles. The van der Waals surface area contributed by atoms with E-state index in [2.05, 4.69) is 15.2 Å². The number of rotatable bonds is 6. The van der Waals surface area contributed by atoms with Crippen LogP contribution in [0.3, 0.4) is 0 Å². The van der Waals surface area contributed by atoms with Crippen molar-refractivity contribution < 1.29 is 18.8 Å². The summed E-state index contributed by atoms with van der Waals surface area (Å²) in [6.07, 6.45) is 0.956. The zero-order valence-electron chi connectivity index (χ0n) is 13.5. The van der Waals surface area contributed by atoms with E-state index in [1.54, 1.807) is 19.1 Å². The van der Waals surface area contributed by atoms with Gasteiger partial charge in [0.15, 0.2) is 0 Å². The van der Waals surface area contributed by atoms with Crippen molar-refractivity contribution in [2.45, 2.75) is 26.7 Å². The van der Waals surface area contributed by atoms with Gasteiger partial charge in [-0.25, -0.2) is 4.79 Å².